The predicted molar refractivity (Wildman–Crippen MR) is 109 cm³/mol. The molecule has 0 saturated heterocycles. The van der Waals surface area contributed by atoms with Crippen molar-refractivity contribution >= 4 is 33.0 Å². The van der Waals surface area contributed by atoms with Gasteiger partial charge in [-0.15, -0.1) is 0 Å². The fourth-order valence-corrected chi connectivity index (χ4v) is 4.78. The minimum atomic E-state index is -3.74. The average Bonchev–Trinajstić information content (AvgIpc) is 3.03. The van der Waals surface area contributed by atoms with Crippen LogP contribution in [0.15, 0.2) is 41.3 Å². The number of amides is 2. The Labute approximate surface area is 173 Å². The second kappa shape index (κ2) is 8.51. The lowest BCUT2D eigenvalue weighted by Crippen LogP contribution is -2.35. The zero-order valence-electron chi connectivity index (χ0n) is 16.6. The van der Waals surface area contributed by atoms with Gasteiger partial charge in [0.05, 0.1) is 10.6 Å². The minimum Gasteiger partial charge on any atom is -0.326 e. The fraction of sp³-hybridized carbons (Fsp3) is 0.333. The van der Waals surface area contributed by atoms with Crippen molar-refractivity contribution in [3.05, 3.63) is 53.6 Å². The number of halogens is 2. The highest BCUT2D eigenvalue weighted by molar-refractivity contribution is 7.91. The summed E-state index contributed by atoms with van der Waals surface area (Å²) in [5, 5.41) is 2.35. The van der Waals surface area contributed by atoms with Gasteiger partial charge in [-0.05, 0) is 49.2 Å². The molecule has 1 N–H and O–H groups in total. The van der Waals surface area contributed by atoms with Crippen molar-refractivity contribution in [2.75, 3.05) is 16.0 Å². The first-order valence-electron chi connectivity index (χ1n) is 9.55. The summed E-state index contributed by atoms with van der Waals surface area (Å²) < 4.78 is 51.5. The Kier molecular flexibility index (Phi) is 6.21. The number of hydrogen-bond donors (Lipinski definition) is 1. The molecule has 1 heterocycles. The maximum atomic E-state index is 13.2. The number of hydrogen-bond acceptors (Lipinski definition) is 4. The van der Waals surface area contributed by atoms with E-state index in [0.29, 0.717) is 18.5 Å². The molecule has 1 atom stereocenters. The topological polar surface area (TPSA) is 83.6 Å². The summed E-state index contributed by atoms with van der Waals surface area (Å²) >= 11 is 0. The molecule has 160 valence electrons. The molecule has 0 spiro atoms. The number of rotatable bonds is 6. The number of anilines is 2. The normalized spacial score (nSPS) is 15.7. The van der Waals surface area contributed by atoms with Crippen LogP contribution in [0.2, 0.25) is 0 Å². The Bertz CT molecular complexity index is 1100. The maximum absolute atomic E-state index is 13.2. The number of fused-ring (bicyclic) bond motifs is 1. The van der Waals surface area contributed by atoms with E-state index in [4.69, 9.17) is 0 Å². The van der Waals surface area contributed by atoms with Gasteiger partial charge in [-0.3, -0.25) is 9.59 Å². The molecule has 0 unspecified atom stereocenters. The number of carbonyl (C=O) groups excluding carboxylic acids is 2. The van der Waals surface area contributed by atoms with E-state index in [1.165, 1.54) is 12.1 Å². The molecule has 30 heavy (non-hydrogen) atoms. The van der Waals surface area contributed by atoms with Crippen LogP contribution in [0.3, 0.4) is 0 Å². The Morgan fingerprint density at radius 2 is 1.87 bits per heavy atom. The number of sulfone groups is 1. The number of benzene rings is 2. The molecule has 0 fully saturated rings. The molecule has 2 aromatic rings. The van der Waals surface area contributed by atoms with E-state index in [1.54, 1.807) is 24.0 Å². The van der Waals surface area contributed by atoms with Crippen molar-refractivity contribution in [2.45, 2.75) is 44.0 Å². The van der Waals surface area contributed by atoms with Crippen LogP contribution in [0.4, 0.5) is 20.2 Å². The van der Waals surface area contributed by atoms with Crippen molar-refractivity contribution in [1.29, 1.82) is 0 Å². The van der Waals surface area contributed by atoms with E-state index in [9.17, 15) is 26.8 Å². The minimum absolute atomic E-state index is 0.0224. The molecule has 0 radical (unpaired) electrons. The van der Waals surface area contributed by atoms with Crippen LogP contribution in [0.5, 0.6) is 0 Å². The largest absolute Gasteiger partial charge is 0.326 e. The quantitative estimate of drug-likeness (QED) is 0.752. The Morgan fingerprint density at radius 3 is 2.53 bits per heavy atom. The lowest BCUT2D eigenvalue weighted by atomic mass is 10.1. The van der Waals surface area contributed by atoms with Gasteiger partial charge in [-0.2, -0.15) is 0 Å². The molecule has 0 bridgehead atoms. The van der Waals surface area contributed by atoms with Crippen LogP contribution in [-0.2, 0) is 25.8 Å². The van der Waals surface area contributed by atoms with Gasteiger partial charge in [0.15, 0.2) is 21.5 Å². The summed E-state index contributed by atoms with van der Waals surface area (Å²) in [5.41, 5.74) is 1.53. The Morgan fingerprint density at radius 1 is 1.13 bits per heavy atom. The number of carbonyl (C=O) groups is 2. The zero-order valence-corrected chi connectivity index (χ0v) is 17.4. The fourth-order valence-electron chi connectivity index (χ4n) is 3.49. The molecule has 2 aromatic carbocycles. The van der Waals surface area contributed by atoms with Crippen LogP contribution in [0.1, 0.15) is 32.3 Å². The molecule has 0 aliphatic carbocycles. The second-order valence-electron chi connectivity index (χ2n) is 7.21. The van der Waals surface area contributed by atoms with Gasteiger partial charge in [0.2, 0.25) is 11.8 Å². The van der Waals surface area contributed by atoms with Crippen molar-refractivity contribution in [1.82, 2.24) is 0 Å². The first kappa shape index (κ1) is 21.9. The van der Waals surface area contributed by atoms with Gasteiger partial charge in [0, 0.05) is 36.3 Å². The third kappa shape index (κ3) is 4.51. The van der Waals surface area contributed by atoms with Crippen LogP contribution in [-0.4, -0.2) is 32.0 Å². The summed E-state index contributed by atoms with van der Waals surface area (Å²) in [6.07, 6.45) is 0.577. The van der Waals surface area contributed by atoms with Gasteiger partial charge in [0.25, 0.3) is 0 Å². The predicted octanol–water partition coefficient (Wildman–Crippen LogP) is 3.45. The summed E-state index contributed by atoms with van der Waals surface area (Å²) in [6.45, 7) is 3.68. The smallest absolute Gasteiger partial charge is 0.226 e. The monoisotopic (exact) mass is 436 g/mol. The number of nitrogens with one attached hydrogen (secondary N) is 1. The lowest BCUT2D eigenvalue weighted by Gasteiger charge is -2.22. The van der Waals surface area contributed by atoms with E-state index in [2.05, 4.69) is 5.32 Å². The van der Waals surface area contributed by atoms with Gasteiger partial charge in [0.1, 0.15) is 0 Å². The van der Waals surface area contributed by atoms with E-state index >= 15 is 0 Å². The van der Waals surface area contributed by atoms with E-state index in [-0.39, 0.29) is 29.0 Å². The molecule has 3 rings (SSSR count). The molecular formula is C21H22F2N2O4S. The third-order valence-corrected chi connectivity index (χ3v) is 6.71. The second-order valence-corrected chi connectivity index (χ2v) is 9.32. The summed E-state index contributed by atoms with van der Waals surface area (Å²) in [4.78, 5) is 26.0. The highest BCUT2D eigenvalue weighted by Crippen LogP contribution is 2.34. The van der Waals surface area contributed by atoms with Crippen molar-refractivity contribution in [3.8, 4) is 0 Å². The van der Waals surface area contributed by atoms with E-state index in [0.717, 1.165) is 17.7 Å². The molecular weight excluding hydrogens is 414 g/mol. The maximum Gasteiger partial charge on any atom is 0.226 e. The Hall–Kier alpha value is -2.81. The van der Waals surface area contributed by atoms with Crippen molar-refractivity contribution < 1.29 is 26.8 Å². The van der Waals surface area contributed by atoms with E-state index in [1.807, 2.05) is 6.92 Å². The first-order chi connectivity index (χ1) is 14.1. The highest BCUT2D eigenvalue weighted by atomic mass is 32.2. The lowest BCUT2D eigenvalue weighted by molar-refractivity contribution is -0.118. The van der Waals surface area contributed by atoms with Crippen LogP contribution >= 0.6 is 0 Å². The summed E-state index contributed by atoms with van der Waals surface area (Å²) in [7, 11) is -3.74. The summed E-state index contributed by atoms with van der Waals surface area (Å²) in [6, 6.07) is 7.46. The van der Waals surface area contributed by atoms with Crippen molar-refractivity contribution in [3.63, 3.8) is 0 Å². The Balaban J connectivity index is 1.69. The molecule has 1 aliphatic rings. The van der Waals surface area contributed by atoms with Gasteiger partial charge >= 0.3 is 0 Å². The molecule has 1 aliphatic heterocycles. The van der Waals surface area contributed by atoms with Crippen LogP contribution in [0, 0.1) is 11.6 Å². The van der Waals surface area contributed by atoms with Crippen LogP contribution in [0.25, 0.3) is 0 Å². The average molecular weight is 436 g/mol. The molecule has 0 saturated carbocycles. The van der Waals surface area contributed by atoms with Crippen LogP contribution < -0.4 is 10.2 Å². The van der Waals surface area contributed by atoms with Gasteiger partial charge in [-0.25, -0.2) is 17.2 Å². The summed E-state index contributed by atoms with van der Waals surface area (Å²) in [5.74, 6) is -3.23. The standard InChI is InChI=1S/C21H22F2N2O4S/c1-3-21(27)25-13(2)10-14-11-16(5-7-19(14)25)30(28,29)9-8-20(26)24-15-4-6-17(22)18(23)12-15/h4-7,11-13H,3,8-10H2,1-2H3,(H,24,26)/t13-/m1/s1. The SMILES string of the molecule is CCC(=O)N1c2ccc(S(=O)(=O)CCC(=O)Nc3ccc(F)c(F)c3)cc2C[C@H]1C. The molecule has 0 aromatic heterocycles. The zero-order chi connectivity index (χ0) is 22.1. The molecule has 6 nitrogen and oxygen atoms in total. The molecule has 2 amide bonds. The van der Waals surface area contributed by atoms with Gasteiger partial charge < -0.3 is 10.2 Å². The van der Waals surface area contributed by atoms with E-state index < -0.39 is 33.1 Å². The third-order valence-electron chi connectivity index (χ3n) is 5.00. The van der Waals surface area contributed by atoms with Gasteiger partial charge in [-0.1, -0.05) is 6.92 Å². The number of nitrogens with zero attached hydrogens (tertiary/aromatic N) is 1. The highest BCUT2D eigenvalue weighted by Gasteiger charge is 2.31. The first-order valence-corrected chi connectivity index (χ1v) is 11.2. The van der Waals surface area contributed by atoms with Crippen molar-refractivity contribution in [2.24, 2.45) is 0 Å². The molecule has 9 heteroatoms.